The van der Waals surface area contributed by atoms with Crippen molar-refractivity contribution in [2.24, 2.45) is 0 Å². The quantitative estimate of drug-likeness (QED) is 0.736. The monoisotopic (exact) mass is 294 g/mol. The minimum atomic E-state index is -0.120. The van der Waals surface area contributed by atoms with Crippen molar-refractivity contribution in [3.63, 3.8) is 0 Å². The summed E-state index contributed by atoms with van der Waals surface area (Å²) in [6.07, 6.45) is 3.69. The molecule has 0 radical (unpaired) electrons. The van der Waals surface area contributed by atoms with E-state index in [1.807, 2.05) is 54.8 Å². The van der Waals surface area contributed by atoms with Gasteiger partial charge in [0.15, 0.2) is 0 Å². The van der Waals surface area contributed by atoms with E-state index < -0.39 is 0 Å². The van der Waals surface area contributed by atoms with Gasteiger partial charge in [0.1, 0.15) is 0 Å². The van der Waals surface area contributed by atoms with Gasteiger partial charge in [-0.1, -0.05) is 18.2 Å². The number of hydrogen-bond donors (Lipinski definition) is 1. The first-order valence-electron chi connectivity index (χ1n) is 6.57. The lowest BCUT2D eigenvalue weighted by molar-refractivity contribution is 0.102. The van der Waals surface area contributed by atoms with Crippen molar-refractivity contribution < 1.29 is 4.79 Å². The van der Waals surface area contributed by atoms with Crippen molar-refractivity contribution >= 4 is 34.3 Å². The van der Waals surface area contributed by atoms with Crippen molar-refractivity contribution in [1.29, 1.82) is 0 Å². The van der Waals surface area contributed by atoms with E-state index in [0.29, 0.717) is 5.56 Å². The maximum atomic E-state index is 12.4. The minimum Gasteiger partial charge on any atom is -0.322 e. The van der Waals surface area contributed by atoms with Gasteiger partial charge in [-0.25, -0.2) is 0 Å². The first-order chi connectivity index (χ1) is 10.3. The van der Waals surface area contributed by atoms with Gasteiger partial charge in [0, 0.05) is 22.2 Å². The molecule has 2 aromatic carbocycles. The number of nitrogens with zero attached hydrogens (tertiary/aromatic N) is 1. The van der Waals surface area contributed by atoms with Crippen LogP contribution < -0.4 is 5.32 Å². The van der Waals surface area contributed by atoms with Crippen molar-refractivity contribution in [3.05, 3.63) is 66.4 Å². The van der Waals surface area contributed by atoms with E-state index in [9.17, 15) is 4.79 Å². The summed E-state index contributed by atoms with van der Waals surface area (Å²) in [6.45, 7) is 0. The number of benzene rings is 2. The lowest BCUT2D eigenvalue weighted by Gasteiger charge is -2.08. The highest BCUT2D eigenvalue weighted by Gasteiger charge is 2.10. The standard InChI is InChI=1S/C17H14N2OS/c1-21-13-8-6-12(7-9-13)19-17(20)15-10-11-18-16-5-3-2-4-14(15)16/h2-11H,1H3,(H,19,20). The smallest absolute Gasteiger partial charge is 0.256 e. The van der Waals surface area contributed by atoms with Crippen LogP contribution in [0.1, 0.15) is 10.4 Å². The molecule has 3 rings (SSSR count). The zero-order chi connectivity index (χ0) is 14.7. The Balaban J connectivity index is 1.90. The third kappa shape index (κ3) is 2.90. The minimum absolute atomic E-state index is 0.120. The van der Waals surface area contributed by atoms with Crippen molar-refractivity contribution in [2.45, 2.75) is 4.90 Å². The molecule has 3 aromatic rings. The Hall–Kier alpha value is -2.33. The van der Waals surface area contributed by atoms with Crippen LogP contribution in [0, 0.1) is 0 Å². The average molecular weight is 294 g/mol. The van der Waals surface area contributed by atoms with Crippen LogP contribution in [0.5, 0.6) is 0 Å². The molecule has 104 valence electrons. The number of aromatic nitrogens is 1. The fourth-order valence-electron chi connectivity index (χ4n) is 2.17. The predicted octanol–water partition coefficient (Wildman–Crippen LogP) is 4.21. The molecule has 0 aliphatic heterocycles. The number of carbonyl (C=O) groups is 1. The fraction of sp³-hybridized carbons (Fsp3) is 0.0588. The number of anilines is 1. The zero-order valence-electron chi connectivity index (χ0n) is 11.5. The summed E-state index contributed by atoms with van der Waals surface area (Å²) in [6, 6.07) is 17.2. The number of rotatable bonds is 3. The summed E-state index contributed by atoms with van der Waals surface area (Å²) in [5.41, 5.74) is 2.25. The van der Waals surface area contributed by atoms with Gasteiger partial charge in [-0.05, 0) is 42.7 Å². The van der Waals surface area contributed by atoms with Gasteiger partial charge >= 0.3 is 0 Å². The zero-order valence-corrected chi connectivity index (χ0v) is 12.4. The molecule has 4 heteroatoms. The van der Waals surface area contributed by atoms with Crippen LogP contribution in [0.4, 0.5) is 5.69 Å². The Kier molecular flexibility index (Phi) is 3.88. The molecule has 0 fully saturated rings. The number of nitrogens with one attached hydrogen (secondary N) is 1. The highest BCUT2D eigenvalue weighted by atomic mass is 32.2. The van der Waals surface area contributed by atoms with Crippen LogP contribution >= 0.6 is 11.8 Å². The molecule has 1 amide bonds. The molecule has 0 aliphatic carbocycles. The summed E-state index contributed by atoms with van der Waals surface area (Å²) in [5.74, 6) is -0.120. The molecule has 1 aromatic heterocycles. The lowest BCUT2D eigenvalue weighted by atomic mass is 10.1. The van der Waals surface area contributed by atoms with E-state index >= 15 is 0 Å². The van der Waals surface area contributed by atoms with E-state index in [1.165, 1.54) is 4.90 Å². The maximum Gasteiger partial charge on any atom is 0.256 e. The Morgan fingerprint density at radius 1 is 1.05 bits per heavy atom. The van der Waals surface area contributed by atoms with Crippen LogP contribution in [-0.2, 0) is 0 Å². The summed E-state index contributed by atoms with van der Waals surface area (Å²) in [7, 11) is 0. The molecule has 0 spiro atoms. The Labute approximate surface area is 127 Å². The van der Waals surface area contributed by atoms with E-state index in [0.717, 1.165) is 16.6 Å². The second kappa shape index (κ2) is 5.97. The Morgan fingerprint density at radius 3 is 2.57 bits per heavy atom. The van der Waals surface area contributed by atoms with Gasteiger partial charge in [-0.3, -0.25) is 9.78 Å². The molecule has 0 atom stereocenters. The van der Waals surface area contributed by atoms with E-state index in [4.69, 9.17) is 0 Å². The molecule has 3 nitrogen and oxygen atoms in total. The molecule has 0 saturated carbocycles. The second-order valence-corrected chi connectivity index (χ2v) is 5.44. The van der Waals surface area contributed by atoms with Gasteiger partial charge in [0.2, 0.25) is 0 Å². The fourth-order valence-corrected chi connectivity index (χ4v) is 2.57. The summed E-state index contributed by atoms with van der Waals surface area (Å²) < 4.78 is 0. The largest absolute Gasteiger partial charge is 0.322 e. The third-order valence-corrected chi connectivity index (χ3v) is 3.99. The number of carbonyl (C=O) groups excluding carboxylic acids is 1. The first kappa shape index (κ1) is 13.6. The van der Waals surface area contributed by atoms with Gasteiger partial charge in [0.25, 0.3) is 5.91 Å². The first-order valence-corrected chi connectivity index (χ1v) is 7.79. The van der Waals surface area contributed by atoms with Gasteiger partial charge in [-0.15, -0.1) is 11.8 Å². The van der Waals surface area contributed by atoms with Gasteiger partial charge < -0.3 is 5.32 Å². The van der Waals surface area contributed by atoms with Gasteiger partial charge in [0.05, 0.1) is 11.1 Å². The molecule has 0 bridgehead atoms. The molecule has 1 heterocycles. The molecule has 0 saturated heterocycles. The van der Waals surface area contributed by atoms with E-state index in [1.54, 1.807) is 24.0 Å². The van der Waals surface area contributed by atoms with Crippen molar-refractivity contribution in [1.82, 2.24) is 4.98 Å². The molecular weight excluding hydrogens is 280 g/mol. The van der Waals surface area contributed by atoms with Crippen LogP contribution in [0.2, 0.25) is 0 Å². The summed E-state index contributed by atoms with van der Waals surface area (Å²) >= 11 is 1.67. The van der Waals surface area contributed by atoms with Crippen LogP contribution in [0.25, 0.3) is 10.9 Å². The topological polar surface area (TPSA) is 42.0 Å². The predicted molar refractivity (Wildman–Crippen MR) is 87.9 cm³/mol. The highest BCUT2D eigenvalue weighted by molar-refractivity contribution is 7.98. The molecule has 0 aliphatic rings. The summed E-state index contributed by atoms with van der Waals surface area (Å²) in [4.78, 5) is 17.9. The lowest BCUT2D eigenvalue weighted by Crippen LogP contribution is -2.12. The molecule has 21 heavy (non-hydrogen) atoms. The number of para-hydroxylation sites is 1. The Morgan fingerprint density at radius 2 is 1.81 bits per heavy atom. The third-order valence-electron chi connectivity index (χ3n) is 3.24. The number of pyridine rings is 1. The maximum absolute atomic E-state index is 12.4. The number of amides is 1. The molecule has 1 N–H and O–H groups in total. The summed E-state index contributed by atoms with van der Waals surface area (Å²) in [5, 5.41) is 3.79. The average Bonchev–Trinajstić information content (AvgIpc) is 2.55. The highest BCUT2D eigenvalue weighted by Crippen LogP contribution is 2.20. The number of thioether (sulfide) groups is 1. The van der Waals surface area contributed by atoms with Crippen molar-refractivity contribution in [2.75, 3.05) is 11.6 Å². The number of fused-ring (bicyclic) bond motifs is 1. The van der Waals surface area contributed by atoms with Crippen LogP contribution in [-0.4, -0.2) is 17.1 Å². The second-order valence-electron chi connectivity index (χ2n) is 4.56. The van der Waals surface area contributed by atoms with Gasteiger partial charge in [-0.2, -0.15) is 0 Å². The van der Waals surface area contributed by atoms with Crippen LogP contribution in [0.15, 0.2) is 65.7 Å². The number of hydrogen-bond acceptors (Lipinski definition) is 3. The van der Waals surface area contributed by atoms with E-state index in [2.05, 4.69) is 10.3 Å². The molecule has 0 unspecified atom stereocenters. The van der Waals surface area contributed by atoms with Crippen molar-refractivity contribution in [3.8, 4) is 0 Å². The normalized spacial score (nSPS) is 10.5. The molecular formula is C17H14N2OS. The Bertz CT molecular complexity index is 779. The van der Waals surface area contributed by atoms with Crippen LogP contribution in [0.3, 0.4) is 0 Å². The SMILES string of the molecule is CSc1ccc(NC(=O)c2ccnc3ccccc23)cc1. The van der Waals surface area contributed by atoms with E-state index in [-0.39, 0.29) is 5.91 Å².